The molecule has 0 fully saturated rings. The third-order valence-corrected chi connectivity index (χ3v) is 16.7. The van der Waals surface area contributed by atoms with Crippen LogP contribution >= 0.6 is 0 Å². The van der Waals surface area contributed by atoms with Crippen LogP contribution in [0.2, 0.25) is 0 Å². The fraction of sp³-hybridized carbons (Fsp3) is 0.132. The van der Waals surface area contributed by atoms with Gasteiger partial charge in [-0.2, -0.15) is 0 Å². The molecule has 0 saturated carbocycles. The molecule has 0 bridgehead atoms. The first-order valence-corrected chi connectivity index (χ1v) is 27.5. The standard InChI is InChI=1S/C76H64N2/c1-49-39-50(2)42-61(41-49)77(73-21-13-17-57-15-9-11-19-63(57)73)59-33-37-67-65-35-31-55(45-69(65)75(5,6)71(67)47-59)29-27-53-23-25-54(26-24-53)28-30-56-32-36-66-68-38-34-60(48-72(68)76(7,8)70(66)46-56)78(62-43-51(3)40-52(4)44-62)74-22-14-18-58-16-10-12-20-64(58)74/h9-48H,1-8H3. The smallest absolute Gasteiger partial charge is 0.0540 e. The molecule has 0 unspecified atom stereocenters. The Bertz CT molecular complexity index is 3930. The third kappa shape index (κ3) is 8.53. The molecular weight excluding hydrogens is 941 g/mol. The Morgan fingerprint density at radius 1 is 0.282 bits per heavy atom. The van der Waals surface area contributed by atoms with Gasteiger partial charge in [-0.3, -0.25) is 0 Å². The summed E-state index contributed by atoms with van der Waals surface area (Å²) in [6, 6.07) is 81.6. The number of nitrogens with zero attached hydrogens (tertiary/aromatic N) is 2. The largest absolute Gasteiger partial charge is 0.310 e. The molecule has 0 N–H and O–H groups in total. The van der Waals surface area contributed by atoms with Crippen LogP contribution in [0.1, 0.15) is 94.5 Å². The summed E-state index contributed by atoms with van der Waals surface area (Å²) >= 11 is 0. The number of rotatable bonds is 10. The first-order valence-electron chi connectivity index (χ1n) is 27.5. The number of aryl methyl sites for hydroxylation is 4. The highest BCUT2D eigenvalue weighted by Crippen LogP contribution is 2.53. The van der Waals surface area contributed by atoms with Crippen molar-refractivity contribution in [2.24, 2.45) is 0 Å². The summed E-state index contributed by atoms with van der Waals surface area (Å²) in [5.74, 6) is 0. The van der Waals surface area contributed by atoms with Crippen LogP contribution in [0.3, 0.4) is 0 Å². The second-order valence-corrected chi connectivity index (χ2v) is 23.0. The Hall–Kier alpha value is -8.98. The molecule has 2 aliphatic carbocycles. The minimum absolute atomic E-state index is 0.185. The zero-order valence-corrected chi connectivity index (χ0v) is 46.0. The normalized spacial score (nSPS) is 13.7. The van der Waals surface area contributed by atoms with E-state index in [1.54, 1.807) is 0 Å². The van der Waals surface area contributed by atoms with Crippen molar-refractivity contribution in [2.45, 2.75) is 66.2 Å². The number of fused-ring (bicyclic) bond motifs is 8. The molecule has 13 rings (SSSR count). The molecule has 0 aliphatic heterocycles. The molecule has 0 amide bonds. The van der Waals surface area contributed by atoms with E-state index in [4.69, 9.17) is 0 Å². The average molecular weight is 1010 g/mol. The van der Waals surface area contributed by atoms with Gasteiger partial charge in [-0.15, -0.1) is 0 Å². The van der Waals surface area contributed by atoms with E-state index in [0.29, 0.717) is 0 Å². The van der Waals surface area contributed by atoms with Crippen LogP contribution in [-0.4, -0.2) is 0 Å². The lowest BCUT2D eigenvalue weighted by atomic mass is 9.81. The zero-order chi connectivity index (χ0) is 53.5. The number of hydrogen-bond acceptors (Lipinski definition) is 2. The lowest BCUT2D eigenvalue weighted by Gasteiger charge is -2.29. The summed E-state index contributed by atoms with van der Waals surface area (Å²) in [7, 11) is 0. The minimum atomic E-state index is -0.185. The molecule has 2 nitrogen and oxygen atoms in total. The van der Waals surface area contributed by atoms with E-state index >= 15 is 0 Å². The van der Waals surface area contributed by atoms with Crippen molar-refractivity contribution in [3.63, 3.8) is 0 Å². The molecule has 0 heterocycles. The molecule has 2 aliphatic rings. The van der Waals surface area contributed by atoms with Gasteiger partial charge in [0.25, 0.3) is 0 Å². The predicted molar refractivity (Wildman–Crippen MR) is 336 cm³/mol. The summed E-state index contributed by atoms with van der Waals surface area (Å²) in [6.07, 6.45) is 9.00. The van der Waals surface area contributed by atoms with Gasteiger partial charge in [-0.25, -0.2) is 0 Å². The highest BCUT2D eigenvalue weighted by Gasteiger charge is 2.38. The van der Waals surface area contributed by atoms with Crippen molar-refractivity contribution in [1.82, 2.24) is 0 Å². The topological polar surface area (TPSA) is 6.48 Å². The van der Waals surface area contributed by atoms with Gasteiger partial charge in [-0.05, 0) is 188 Å². The first kappa shape index (κ1) is 48.6. The van der Waals surface area contributed by atoms with Crippen molar-refractivity contribution >= 4 is 80.0 Å². The molecule has 11 aromatic carbocycles. The highest BCUT2D eigenvalue weighted by atomic mass is 15.1. The van der Waals surface area contributed by atoms with Crippen molar-refractivity contribution in [2.75, 3.05) is 9.80 Å². The van der Waals surface area contributed by atoms with E-state index in [0.717, 1.165) is 0 Å². The SMILES string of the molecule is Cc1cc(C)cc(N(c2ccc3c(c2)C(C)(C)c2cc(C=Cc4ccc(C=Cc5ccc6c(c5)C(C)(C)c5cc(N(c7cc(C)cc(C)c7)c7cccc8ccccc78)ccc5-6)cc4)ccc2-3)c2cccc3ccccc23)c1. The summed E-state index contributed by atoms with van der Waals surface area (Å²) in [6.45, 7) is 18.3. The van der Waals surface area contributed by atoms with Gasteiger partial charge in [0.15, 0.2) is 0 Å². The van der Waals surface area contributed by atoms with Crippen LogP contribution in [-0.2, 0) is 10.8 Å². The van der Waals surface area contributed by atoms with E-state index < -0.39 is 0 Å². The van der Waals surface area contributed by atoms with Gasteiger partial charge >= 0.3 is 0 Å². The molecule has 0 saturated heterocycles. The lowest BCUT2D eigenvalue weighted by molar-refractivity contribution is 0.660. The molecule has 378 valence electrons. The van der Waals surface area contributed by atoms with Crippen molar-refractivity contribution < 1.29 is 0 Å². The van der Waals surface area contributed by atoms with Crippen molar-refractivity contribution in [3.05, 3.63) is 285 Å². The van der Waals surface area contributed by atoms with Gasteiger partial charge in [0.1, 0.15) is 0 Å². The fourth-order valence-electron chi connectivity index (χ4n) is 12.9. The van der Waals surface area contributed by atoms with Gasteiger partial charge < -0.3 is 9.80 Å². The van der Waals surface area contributed by atoms with E-state index in [9.17, 15) is 0 Å². The van der Waals surface area contributed by atoms with Gasteiger partial charge in [0.2, 0.25) is 0 Å². The Balaban J connectivity index is 0.734. The molecule has 0 radical (unpaired) electrons. The zero-order valence-electron chi connectivity index (χ0n) is 46.0. The van der Waals surface area contributed by atoms with Gasteiger partial charge in [0, 0.05) is 44.4 Å². The van der Waals surface area contributed by atoms with Crippen LogP contribution in [0.4, 0.5) is 34.1 Å². The van der Waals surface area contributed by atoms with Crippen LogP contribution in [0.5, 0.6) is 0 Å². The van der Waals surface area contributed by atoms with Crippen LogP contribution in [0, 0.1) is 27.7 Å². The Morgan fingerprint density at radius 2 is 0.603 bits per heavy atom. The van der Waals surface area contributed by atoms with Crippen LogP contribution in [0.15, 0.2) is 218 Å². The van der Waals surface area contributed by atoms with Crippen molar-refractivity contribution in [1.29, 1.82) is 0 Å². The van der Waals surface area contributed by atoms with E-state index in [2.05, 4.69) is 308 Å². The maximum atomic E-state index is 2.45. The van der Waals surface area contributed by atoms with E-state index in [1.165, 1.54) is 145 Å². The van der Waals surface area contributed by atoms with Crippen LogP contribution in [0.25, 0.3) is 68.1 Å². The summed E-state index contributed by atoms with van der Waals surface area (Å²) in [5.41, 5.74) is 27.1. The number of hydrogen-bond donors (Lipinski definition) is 0. The molecule has 0 atom stereocenters. The summed E-state index contributed by atoms with van der Waals surface area (Å²) in [4.78, 5) is 4.90. The lowest BCUT2D eigenvalue weighted by Crippen LogP contribution is -2.17. The highest BCUT2D eigenvalue weighted by molar-refractivity contribution is 6.01. The number of benzene rings is 11. The first-order chi connectivity index (χ1) is 37.8. The monoisotopic (exact) mass is 1000 g/mol. The maximum absolute atomic E-state index is 2.45. The second-order valence-electron chi connectivity index (χ2n) is 23.0. The molecular formula is C76H64N2. The van der Waals surface area contributed by atoms with E-state index in [-0.39, 0.29) is 10.8 Å². The molecule has 78 heavy (non-hydrogen) atoms. The number of anilines is 6. The molecule has 0 aromatic heterocycles. The van der Waals surface area contributed by atoms with Crippen LogP contribution < -0.4 is 9.80 Å². The van der Waals surface area contributed by atoms with Crippen molar-refractivity contribution in [3.8, 4) is 22.3 Å². The fourth-order valence-corrected chi connectivity index (χ4v) is 12.9. The molecule has 11 aromatic rings. The third-order valence-electron chi connectivity index (χ3n) is 16.7. The maximum Gasteiger partial charge on any atom is 0.0540 e. The predicted octanol–water partition coefficient (Wildman–Crippen LogP) is 21.1. The average Bonchev–Trinajstić information content (AvgIpc) is 3.86. The Labute approximate surface area is 460 Å². The van der Waals surface area contributed by atoms with Gasteiger partial charge in [0.05, 0.1) is 11.4 Å². The minimum Gasteiger partial charge on any atom is -0.310 e. The summed E-state index contributed by atoms with van der Waals surface area (Å²) in [5, 5.41) is 4.94. The Morgan fingerprint density at radius 3 is 1.00 bits per heavy atom. The molecule has 0 spiro atoms. The molecule has 2 heteroatoms. The van der Waals surface area contributed by atoms with Gasteiger partial charge in [-0.1, -0.05) is 210 Å². The summed E-state index contributed by atoms with van der Waals surface area (Å²) < 4.78 is 0. The quantitative estimate of drug-likeness (QED) is 0.126. The second kappa shape index (κ2) is 18.9. The Kier molecular flexibility index (Phi) is 11.8. The van der Waals surface area contributed by atoms with E-state index in [1.807, 2.05) is 0 Å².